The minimum Gasteiger partial charge on any atom is -0.497 e. The highest BCUT2D eigenvalue weighted by Gasteiger charge is 2.13. The fourth-order valence-corrected chi connectivity index (χ4v) is 3.47. The van der Waals surface area contributed by atoms with Crippen LogP contribution in [0.25, 0.3) is 11.4 Å². The number of amides is 1. The summed E-state index contributed by atoms with van der Waals surface area (Å²) in [5.41, 5.74) is 4.06. The van der Waals surface area contributed by atoms with Gasteiger partial charge in [-0.15, -0.1) is 10.2 Å². The van der Waals surface area contributed by atoms with Gasteiger partial charge in [-0.25, -0.2) is 5.43 Å². The molecule has 0 aliphatic carbocycles. The molecule has 0 aliphatic rings. The van der Waals surface area contributed by atoms with Crippen molar-refractivity contribution in [2.75, 3.05) is 20.0 Å². The molecule has 0 aliphatic heterocycles. The molecular weight excluding hydrogens is 426 g/mol. The molecule has 1 heterocycles. The van der Waals surface area contributed by atoms with Gasteiger partial charge in [-0.2, -0.15) is 5.10 Å². The molecule has 10 heteroatoms. The summed E-state index contributed by atoms with van der Waals surface area (Å²) in [5, 5.41) is 13.6. The van der Waals surface area contributed by atoms with Crippen molar-refractivity contribution in [3.8, 4) is 22.9 Å². The number of carbonyl (C=O) groups is 1. The van der Waals surface area contributed by atoms with Crippen LogP contribution in [0.5, 0.6) is 11.5 Å². The van der Waals surface area contributed by atoms with Gasteiger partial charge >= 0.3 is 0 Å². The fourth-order valence-electron chi connectivity index (χ4n) is 2.58. The molecule has 0 fully saturated rings. The summed E-state index contributed by atoms with van der Waals surface area (Å²) >= 11 is 7.30. The second kappa shape index (κ2) is 10.1. The second-order valence-electron chi connectivity index (χ2n) is 6.07. The molecular formula is C20H20ClN5O3S. The second-order valence-corrected chi connectivity index (χ2v) is 7.44. The molecule has 156 valence electrons. The predicted octanol–water partition coefficient (Wildman–Crippen LogP) is 3.40. The SMILES string of the molecule is COc1ccc(C=NNC(=O)CSc2nnc(-c3cccc(Cl)c3)n2C)c(OC)c1. The van der Waals surface area contributed by atoms with Crippen molar-refractivity contribution in [1.82, 2.24) is 20.2 Å². The molecule has 1 N–H and O–H groups in total. The van der Waals surface area contributed by atoms with Crippen molar-refractivity contribution in [2.24, 2.45) is 12.1 Å². The van der Waals surface area contributed by atoms with Crippen LogP contribution >= 0.6 is 23.4 Å². The van der Waals surface area contributed by atoms with E-state index >= 15 is 0 Å². The fraction of sp³-hybridized carbons (Fsp3) is 0.200. The van der Waals surface area contributed by atoms with Gasteiger partial charge in [-0.05, 0) is 24.3 Å². The number of thioether (sulfide) groups is 1. The first-order valence-electron chi connectivity index (χ1n) is 8.84. The van der Waals surface area contributed by atoms with Gasteiger partial charge in [-0.3, -0.25) is 4.79 Å². The number of hydrazone groups is 1. The van der Waals surface area contributed by atoms with Crippen molar-refractivity contribution in [2.45, 2.75) is 5.16 Å². The van der Waals surface area contributed by atoms with E-state index in [0.717, 1.165) is 5.56 Å². The Hall–Kier alpha value is -3.04. The third kappa shape index (κ3) is 5.31. The molecule has 0 saturated carbocycles. The molecule has 8 nitrogen and oxygen atoms in total. The van der Waals surface area contributed by atoms with Gasteiger partial charge in [0.2, 0.25) is 0 Å². The van der Waals surface area contributed by atoms with Crippen molar-refractivity contribution in [3.05, 3.63) is 53.1 Å². The molecule has 0 unspecified atom stereocenters. The van der Waals surface area contributed by atoms with E-state index in [1.807, 2.05) is 29.8 Å². The average molecular weight is 446 g/mol. The molecule has 0 spiro atoms. The molecule has 1 aromatic heterocycles. The van der Waals surface area contributed by atoms with Gasteiger partial charge < -0.3 is 14.0 Å². The molecule has 0 radical (unpaired) electrons. The lowest BCUT2D eigenvalue weighted by Crippen LogP contribution is -2.20. The van der Waals surface area contributed by atoms with E-state index in [-0.39, 0.29) is 11.7 Å². The minimum absolute atomic E-state index is 0.138. The topological polar surface area (TPSA) is 90.6 Å². The minimum atomic E-state index is -0.268. The normalized spacial score (nSPS) is 10.9. The van der Waals surface area contributed by atoms with Gasteiger partial charge in [0.15, 0.2) is 11.0 Å². The van der Waals surface area contributed by atoms with Crippen LogP contribution in [0.4, 0.5) is 0 Å². The number of benzene rings is 2. The summed E-state index contributed by atoms with van der Waals surface area (Å²) in [6, 6.07) is 12.7. The van der Waals surface area contributed by atoms with E-state index in [1.54, 1.807) is 38.5 Å². The lowest BCUT2D eigenvalue weighted by molar-refractivity contribution is -0.118. The number of rotatable bonds is 8. The molecule has 3 aromatic rings. The number of ether oxygens (including phenoxy) is 2. The highest BCUT2D eigenvalue weighted by Crippen LogP contribution is 2.25. The first-order chi connectivity index (χ1) is 14.5. The van der Waals surface area contributed by atoms with Gasteiger partial charge in [0.1, 0.15) is 11.5 Å². The molecule has 0 saturated heterocycles. The predicted molar refractivity (Wildman–Crippen MR) is 117 cm³/mol. The third-order valence-electron chi connectivity index (χ3n) is 4.08. The van der Waals surface area contributed by atoms with Crippen LogP contribution < -0.4 is 14.9 Å². The molecule has 30 heavy (non-hydrogen) atoms. The van der Waals surface area contributed by atoms with Crippen LogP contribution in [0.15, 0.2) is 52.7 Å². The summed E-state index contributed by atoms with van der Waals surface area (Å²) in [4.78, 5) is 12.1. The van der Waals surface area contributed by atoms with E-state index in [1.165, 1.54) is 18.0 Å². The van der Waals surface area contributed by atoms with E-state index in [4.69, 9.17) is 21.1 Å². The quantitative estimate of drug-likeness (QED) is 0.324. The first-order valence-corrected chi connectivity index (χ1v) is 10.2. The standard InChI is InChI=1S/C20H20ClN5O3S/c1-26-19(13-5-4-6-15(21)9-13)24-25-20(26)30-12-18(27)23-22-11-14-7-8-16(28-2)10-17(14)29-3/h4-11H,12H2,1-3H3,(H,23,27). The van der Waals surface area contributed by atoms with Crippen molar-refractivity contribution in [1.29, 1.82) is 0 Å². The van der Waals surface area contributed by atoms with Gasteiger partial charge in [0.25, 0.3) is 5.91 Å². The zero-order valence-electron chi connectivity index (χ0n) is 16.6. The largest absolute Gasteiger partial charge is 0.497 e. The Balaban J connectivity index is 1.57. The van der Waals surface area contributed by atoms with Crippen molar-refractivity contribution in [3.63, 3.8) is 0 Å². The average Bonchev–Trinajstić information content (AvgIpc) is 3.12. The molecule has 1 amide bonds. The zero-order chi connectivity index (χ0) is 21.5. The molecule has 0 atom stereocenters. The number of carbonyl (C=O) groups excluding carboxylic acids is 1. The highest BCUT2D eigenvalue weighted by atomic mass is 35.5. The Morgan fingerprint density at radius 3 is 2.80 bits per heavy atom. The maximum atomic E-state index is 12.1. The van der Waals surface area contributed by atoms with Crippen molar-refractivity contribution < 1.29 is 14.3 Å². The Labute approximate surface area is 183 Å². The Kier molecular flexibility index (Phi) is 7.31. The number of nitrogens with one attached hydrogen (secondary N) is 1. The number of hydrogen-bond donors (Lipinski definition) is 1. The smallest absolute Gasteiger partial charge is 0.250 e. The summed E-state index contributed by atoms with van der Waals surface area (Å²) in [6.45, 7) is 0. The lowest BCUT2D eigenvalue weighted by Gasteiger charge is -2.07. The Bertz CT molecular complexity index is 1070. The highest BCUT2D eigenvalue weighted by molar-refractivity contribution is 7.99. The maximum absolute atomic E-state index is 12.1. The number of aromatic nitrogens is 3. The summed E-state index contributed by atoms with van der Waals surface area (Å²) in [5.74, 6) is 1.80. The number of methoxy groups -OCH3 is 2. The summed E-state index contributed by atoms with van der Waals surface area (Å²) in [7, 11) is 4.97. The maximum Gasteiger partial charge on any atom is 0.250 e. The summed E-state index contributed by atoms with van der Waals surface area (Å²) in [6.07, 6.45) is 1.51. The van der Waals surface area contributed by atoms with Crippen LogP contribution in [0.3, 0.4) is 0 Å². The number of halogens is 1. The van der Waals surface area contributed by atoms with E-state index < -0.39 is 0 Å². The molecule has 0 bridgehead atoms. The van der Waals surface area contributed by atoms with Gasteiger partial charge in [-0.1, -0.05) is 35.5 Å². The van der Waals surface area contributed by atoms with Crippen molar-refractivity contribution >= 4 is 35.5 Å². The molecule has 2 aromatic carbocycles. The first kappa shape index (κ1) is 21.7. The number of nitrogens with zero attached hydrogens (tertiary/aromatic N) is 4. The van der Waals surface area contributed by atoms with Crippen LogP contribution in [-0.2, 0) is 11.8 Å². The lowest BCUT2D eigenvalue weighted by atomic mass is 10.2. The van der Waals surface area contributed by atoms with E-state index in [9.17, 15) is 4.79 Å². The van der Waals surface area contributed by atoms with Gasteiger partial charge in [0.05, 0.1) is 26.2 Å². The third-order valence-corrected chi connectivity index (χ3v) is 5.34. The zero-order valence-corrected chi connectivity index (χ0v) is 18.2. The number of hydrogen-bond acceptors (Lipinski definition) is 7. The van der Waals surface area contributed by atoms with Crippen LogP contribution in [-0.4, -0.2) is 46.9 Å². The van der Waals surface area contributed by atoms with Crippen LogP contribution in [0.1, 0.15) is 5.56 Å². The van der Waals surface area contributed by atoms with Crippen LogP contribution in [0.2, 0.25) is 5.02 Å². The van der Waals surface area contributed by atoms with Gasteiger partial charge in [0, 0.05) is 29.3 Å². The Morgan fingerprint density at radius 2 is 2.07 bits per heavy atom. The van der Waals surface area contributed by atoms with E-state index in [2.05, 4.69) is 20.7 Å². The van der Waals surface area contributed by atoms with E-state index in [0.29, 0.717) is 33.1 Å². The Morgan fingerprint density at radius 1 is 1.23 bits per heavy atom. The van der Waals surface area contributed by atoms with Crippen LogP contribution in [0, 0.1) is 0 Å². The monoisotopic (exact) mass is 445 g/mol. The summed E-state index contributed by atoms with van der Waals surface area (Å²) < 4.78 is 12.3. The molecule has 3 rings (SSSR count).